The van der Waals surface area contributed by atoms with Gasteiger partial charge in [0.2, 0.25) is 0 Å². The van der Waals surface area contributed by atoms with E-state index in [1.165, 1.54) is 12.2 Å². The summed E-state index contributed by atoms with van der Waals surface area (Å²) in [7, 11) is 0. The summed E-state index contributed by atoms with van der Waals surface area (Å²) in [5, 5.41) is 0. The van der Waals surface area contributed by atoms with E-state index in [1.54, 1.807) is 18.2 Å². The van der Waals surface area contributed by atoms with E-state index >= 15 is 0 Å². The minimum atomic E-state index is -0.490. The quantitative estimate of drug-likeness (QED) is 0.941. The number of aromatic amines is 1. The highest BCUT2D eigenvalue weighted by molar-refractivity contribution is 5.59. The zero-order valence-corrected chi connectivity index (χ0v) is 12.6. The van der Waals surface area contributed by atoms with Gasteiger partial charge >= 0.3 is 5.69 Å². The lowest BCUT2D eigenvalue weighted by Gasteiger charge is -2.08. The highest BCUT2D eigenvalue weighted by atomic mass is 16.2. The molecule has 4 nitrogen and oxygen atoms in total. The van der Waals surface area contributed by atoms with Crippen LogP contribution in [-0.4, -0.2) is 9.55 Å². The number of rotatable bonds is 3. The molecule has 0 amide bonds. The first kappa shape index (κ1) is 16.4. The van der Waals surface area contributed by atoms with Gasteiger partial charge in [-0.2, -0.15) is 0 Å². The second kappa shape index (κ2) is 7.24. The first-order valence-corrected chi connectivity index (χ1v) is 6.79. The Bertz CT molecular complexity index is 767. The maximum atomic E-state index is 12.3. The Balaban J connectivity index is 0.00000106. The van der Waals surface area contributed by atoms with Crippen LogP contribution in [0.2, 0.25) is 0 Å². The third-order valence-electron chi connectivity index (χ3n) is 2.84. The van der Waals surface area contributed by atoms with E-state index in [0.29, 0.717) is 16.9 Å². The molecule has 0 unspecified atom stereocenters. The lowest BCUT2D eigenvalue weighted by Crippen LogP contribution is -2.36. The van der Waals surface area contributed by atoms with Crippen molar-refractivity contribution in [1.29, 1.82) is 0 Å². The van der Waals surface area contributed by atoms with Gasteiger partial charge in [0, 0.05) is 0 Å². The number of hydrogen-bond donors (Lipinski definition) is 1. The van der Waals surface area contributed by atoms with E-state index < -0.39 is 11.2 Å². The molecule has 0 spiro atoms. The van der Waals surface area contributed by atoms with Gasteiger partial charge < -0.3 is 4.98 Å². The fraction of sp³-hybridized carbons (Fsp3) is 0.176. The van der Waals surface area contributed by atoms with Crippen LogP contribution in [0.3, 0.4) is 0 Å². The number of aryl methyl sites for hydroxylation is 1. The van der Waals surface area contributed by atoms with Gasteiger partial charge in [0.25, 0.3) is 5.56 Å². The molecule has 0 aliphatic rings. The standard InChI is InChI=1S/C15H14N2O2.C2H6/c1-4-12-13(5-2)16-15(19)17(14(12)18)11-8-6-7-10(3)9-11;1-2/h4-9H,1-2H2,3H3,(H,16,19);1-2H3. The topological polar surface area (TPSA) is 54.9 Å². The van der Waals surface area contributed by atoms with E-state index in [2.05, 4.69) is 18.1 Å². The second-order valence-corrected chi connectivity index (χ2v) is 4.15. The summed E-state index contributed by atoms with van der Waals surface area (Å²) in [6.07, 6.45) is 2.85. The molecule has 0 saturated heterocycles. The summed E-state index contributed by atoms with van der Waals surface area (Å²) in [5.41, 5.74) is 1.32. The van der Waals surface area contributed by atoms with Gasteiger partial charge in [-0.3, -0.25) is 4.79 Å². The van der Waals surface area contributed by atoms with Gasteiger partial charge in [-0.15, -0.1) is 0 Å². The van der Waals surface area contributed by atoms with Gasteiger partial charge in [-0.05, 0) is 30.7 Å². The van der Waals surface area contributed by atoms with Crippen LogP contribution in [0.15, 0.2) is 47.0 Å². The van der Waals surface area contributed by atoms with E-state index in [4.69, 9.17) is 0 Å². The van der Waals surface area contributed by atoms with Crippen LogP contribution in [0.4, 0.5) is 0 Å². The number of hydrogen-bond acceptors (Lipinski definition) is 2. The molecule has 21 heavy (non-hydrogen) atoms. The molecule has 0 bridgehead atoms. The van der Waals surface area contributed by atoms with Crippen molar-refractivity contribution in [3.8, 4) is 5.69 Å². The second-order valence-electron chi connectivity index (χ2n) is 4.15. The number of nitrogens with zero attached hydrogens (tertiary/aromatic N) is 1. The highest BCUT2D eigenvalue weighted by Crippen LogP contribution is 2.08. The Morgan fingerprint density at radius 1 is 1.14 bits per heavy atom. The molecule has 1 N–H and O–H groups in total. The Hall–Kier alpha value is -2.62. The molecule has 2 aromatic rings. The summed E-state index contributed by atoms with van der Waals surface area (Å²) >= 11 is 0. The Kier molecular flexibility index (Phi) is 5.67. The Morgan fingerprint density at radius 3 is 2.33 bits per heavy atom. The van der Waals surface area contributed by atoms with Gasteiger partial charge in [0.15, 0.2) is 0 Å². The zero-order valence-electron chi connectivity index (χ0n) is 12.6. The number of aromatic nitrogens is 2. The number of benzene rings is 1. The van der Waals surface area contributed by atoms with E-state index in [1.807, 2.05) is 26.8 Å². The average molecular weight is 284 g/mol. The van der Waals surface area contributed by atoms with Crippen LogP contribution in [0.25, 0.3) is 17.8 Å². The molecule has 0 aliphatic heterocycles. The summed E-state index contributed by atoms with van der Waals surface area (Å²) in [6, 6.07) is 7.18. The molecule has 0 saturated carbocycles. The minimum absolute atomic E-state index is 0.330. The summed E-state index contributed by atoms with van der Waals surface area (Å²) in [6.45, 7) is 13.1. The Labute approximate surface area is 124 Å². The predicted octanol–water partition coefficient (Wildman–Crippen LogP) is 3.15. The van der Waals surface area contributed by atoms with Crippen molar-refractivity contribution in [1.82, 2.24) is 9.55 Å². The summed E-state index contributed by atoms with van der Waals surface area (Å²) < 4.78 is 1.09. The lowest BCUT2D eigenvalue weighted by atomic mass is 10.2. The first-order chi connectivity index (χ1) is 10.1. The maximum absolute atomic E-state index is 12.3. The first-order valence-electron chi connectivity index (χ1n) is 6.79. The van der Waals surface area contributed by atoms with Gasteiger partial charge in [0.05, 0.1) is 16.9 Å². The minimum Gasteiger partial charge on any atom is -0.306 e. The van der Waals surface area contributed by atoms with E-state index in [9.17, 15) is 9.59 Å². The normalized spacial score (nSPS) is 9.48. The van der Waals surface area contributed by atoms with Gasteiger partial charge in [-0.25, -0.2) is 9.36 Å². The van der Waals surface area contributed by atoms with Crippen molar-refractivity contribution >= 4 is 12.2 Å². The van der Waals surface area contributed by atoms with Crippen molar-refractivity contribution < 1.29 is 0 Å². The summed E-state index contributed by atoms with van der Waals surface area (Å²) in [4.78, 5) is 27.0. The van der Waals surface area contributed by atoms with Crippen LogP contribution in [0, 0.1) is 6.92 Å². The molecule has 2 rings (SSSR count). The molecule has 0 fully saturated rings. The molecule has 0 radical (unpaired) electrons. The third-order valence-corrected chi connectivity index (χ3v) is 2.84. The smallest absolute Gasteiger partial charge is 0.306 e. The largest absolute Gasteiger partial charge is 0.333 e. The van der Waals surface area contributed by atoms with Gasteiger partial charge in [-0.1, -0.05) is 45.2 Å². The van der Waals surface area contributed by atoms with Crippen molar-refractivity contribution in [2.75, 3.05) is 0 Å². The Morgan fingerprint density at radius 2 is 1.81 bits per heavy atom. The molecule has 4 heteroatoms. The van der Waals surface area contributed by atoms with Crippen LogP contribution in [0.1, 0.15) is 30.7 Å². The fourth-order valence-electron chi connectivity index (χ4n) is 1.93. The van der Waals surface area contributed by atoms with Crippen LogP contribution < -0.4 is 11.2 Å². The molecular weight excluding hydrogens is 264 g/mol. The maximum Gasteiger partial charge on any atom is 0.333 e. The van der Waals surface area contributed by atoms with Gasteiger partial charge in [0.1, 0.15) is 0 Å². The van der Waals surface area contributed by atoms with E-state index in [-0.39, 0.29) is 0 Å². The zero-order chi connectivity index (χ0) is 16.0. The van der Waals surface area contributed by atoms with Crippen molar-refractivity contribution in [3.05, 3.63) is 75.1 Å². The lowest BCUT2D eigenvalue weighted by molar-refractivity contribution is 0.865. The molecule has 110 valence electrons. The number of nitrogens with one attached hydrogen (secondary N) is 1. The predicted molar refractivity (Wildman–Crippen MR) is 88.9 cm³/mol. The fourth-order valence-corrected chi connectivity index (χ4v) is 1.93. The van der Waals surface area contributed by atoms with Crippen molar-refractivity contribution in [2.45, 2.75) is 20.8 Å². The van der Waals surface area contributed by atoms with Crippen molar-refractivity contribution in [3.63, 3.8) is 0 Å². The SMILES string of the molecule is C=Cc1[nH]c(=O)n(-c2cccc(C)c2)c(=O)c1C=C.CC. The average Bonchev–Trinajstić information content (AvgIpc) is 2.49. The van der Waals surface area contributed by atoms with Crippen molar-refractivity contribution in [2.24, 2.45) is 0 Å². The molecule has 0 aliphatic carbocycles. The number of H-pyrrole nitrogens is 1. The molecular formula is C17H20N2O2. The van der Waals surface area contributed by atoms with Crippen LogP contribution >= 0.6 is 0 Å². The highest BCUT2D eigenvalue weighted by Gasteiger charge is 2.11. The monoisotopic (exact) mass is 284 g/mol. The summed E-state index contributed by atoms with van der Waals surface area (Å²) in [5.74, 6) is 0. The molecule has 1 aromatic heterocycles. The third kappa shape index (κ3) is 3.28. The molecule has 0 atom stereocenters. The van der Waals surface area contributed by atoms with E-state index in [0.717, 1.165) is 10.1 Å². The van der Waals surface area contributed by atoms with Crippen LogP contribution in [0.5, 0.6) is 0 Å². The molecule has 1 aromatic carbocycles. The molecule has 1 heterocycles. The van der Waals surface area contributed by atoms with Crippen LogP contribution in [-0.2, 0) is 0 Å².